The third-order valence-electron chi connectivity index (χ3n) is 2.71. The molecule has 1 aromatic carbocycles. The molecule has 0 bridgehead atoms. The molecular formula is C13H11BrN4. The van der Waals surface area contributed by atoms with E-state index in [1.165, 1.54) is 0 Å². The summed E-state index contributed by atoms with van der Waals surface area (Å²) in [4.78, 5) is 4.45. The van der Waals surface area contributed by atoms with E-state index >= 15 is 0 Å². The molecule has 5 heteroatoms. The molecule has 0 atom stereocenters. The van der Waals surface area contributed by atoms with Crippen molar-refractivity contribution in [1.29, 1.82) is 0 Å². The van der Waals surface area contributed by atoms with Gasteiger partial charge in [0.15, 0.2) is 0 Å². The third-order valence-corrected chi connectivity index (χ3v) is 3.14. The minimum atomic E-state index is 0.705. The second-order valence-electron chi connectivity index (χ2n) is 3.97. The first-order chi connectivity index (χ1) is 8.83. The van der Waals surface area contributed by atoms with Crippen molar-refractivity contribution in [3.8, 4) is 0 Å². The molecule has 0 amide bonds. The van der Waals surface area contributed by atoms with E-state index in [1.54, 1.807) is 6.20 Å². The summed E-state index contributed by atoms with van der Waals surface area (Å²) in [5.41, 5.74) is 3.04. The Morgan fingerprint density at radius 1 is 1.28 bits per heavy atom. The number of pyridine rings is 1. The highest BCUT2D eigenvalue weighted by Crippen LogP contribution is 2.24. The Bertz CT molecular complexity index is 664. The molecule has 3 aromatic rings. The molecule has 0 radical (unpaired) electrons. The van der Waals surface area contributed by atoms with E-state index in [0.717, 1.165) is 26.8 Å². The molecule has 0 saturated heterocycles. The highest BCUT2D eigenvalue weighted by molar-refractivity contribution is 9.10. The SMILES string of the molecule is Brc1cnc2c(NCc3ccn[nH]3)cccc2c1. The number of nitrogens with one attached hydrogen (secondary N) is 2. The number of benzene rings is 1. The quantitative estimate of drug-likeness (QED) is 0.780. The van der Waals surface area contributed by atoms with Gasteiger partial charge >= 0.3 is 0 Å². The number of aromatic amines is 1. The summed E-state index contributed by atoms with van der Waals surface area (Å²) >= 11 is 3.43. The van der Waals surface area contributed by atoms with E-state index in [9.17, 15) is 0 Å². The molecular weight excluding hydrogens is 292 g/mol. The van der Waals surface area contributed by atoms with Crippen molar-refractivity contribution < 1.29 is 0 Å². The lowest BCUT2D eigenvalue weighted by atomic mass is 10.2. The lowest BCUT2D eigenvalue weighted by Gasteiger charge is -2.08. The zero-order valence-electron chi connectivity index (χ0n) is 9.52. The van der Waals surface area contributed by atoms with Gasteiger partial charge in [-0.1, -0.05) is 12.1 Å². The predicted octanol–water partition coefficient (Wildman–Crippen LogP) is 3.33. The van der Waals surface area contributed by atoms with Gasteiger partial charge in [-0.05, 0) is 34.1 Å². The molecule has 2 N–H and O–H groups in total. The van der Waals surface area contributed by atoms with Gasteiger partial charge in [0.2, 0.25) is 0 Å². The monoisotopic (exact) mass is 302 g/mol. The molecule has 2 aromatic heterocycles. The second kappa shape index (κ2) is 4.78. The minimum absolute atomic E-state index is 0.705. The molecule has 0 aliphatic carbocycles. The zero-order chi connectivity index (χ0) is 12.4. The standard InChI is InChI=1S/C13H11BrN4/c14-10-6-9-2-1-3-12(13(9)16-7-10)15-8-11-4-5-17-18-11/h1-7,15H,8H2,(H,17,18). The number of H-pyrrole nitrogens is 1. The normalized spacial score (nSPS) is 10.7. The van der Waals surface area contributed by atoms with Crippen molar-refractivity contribution in [2.45, 2.75) is 6.54 Å². The van der Waals surface area contributed by atoms with Crippen molar-refractivity contribution in [1.82, 2.24) is 15.2 Å². The van der Waals surface area contributed by atoms with Gasteiger partial charge in [-0.15, -0.1) is 0 Å². The fraction of sp³-hybridized carbons (Fsp3) is 0.0769. The van der Waals surface area contributed by atoms with Crippen LogP contribution in [0.5, 0.6) is 0 Å². The number of nitrogens with zero attached hydrogens (tertiary/aromatic N) is 2. The third kappa shape index (κ3) is 2.22. The summed E-state index contributed by atoms with van der Waals surface area (Å²) in [7, 11) is 0. The highest BCUT2D eigenvalue weighted by atomic mass is 79.9. The Labute approximate surface area is 113 Å². The van der Waals surface area contributed by atoms with E-state index in [1.807, 2.05) is 24.4 Å². The molecule has 3 rings (SSSR count). The average molecular weight is 303 g/mol. The Morgan fingerprint density at radius 2 is 2.22 bits per heavy atom. The van der Waals surface area contributed by atoms with Crippen LogP contribution in [0.3, 0.4) is 0 Å². The van der Waals surface area contributed by atoms with Crippen LogP contribution in [-0.2, 0) is 6.54 Å². The first kappa shape index (κ1) is 11.2. The first-order valence-electron chi connectivity index (χ1n) is 5.59. The Hall–Kier alpha value is -1.88. The summed E-state index contributed by atoms with van der Waals surface area (Å²) in [6, 6.07) is 10.1. The van der Waals surface area contributed by atoms with Gasteiger partial charge < -0.3 is 5.32 Å². The molecule has 0 saturated carbocycles. The summed E-state index contributed by atoms with van der Waals surface area (Å²) in [5, 5.41) is 11.3. The largest absolute Gasteiger partial charge is 0.378 e. The summed E-state index contributed by atoms with van der Waals surface area (Å²) in [5.74, 6) is 0. The molecule has 0 spiro atoms. The van der Waals surface area contributed by atoms with E-state index in [0.29, 0.717) is 6.54 Å². The molecule has 2 heterocycles. The van der Waals surface area contributed by atoms with Crippen LogP contribution in [0.2, 0.25) is 0 Å². The number of halogens is 1. The van der Waals surface area contributed by atoms with Gasteiger partial charge in [0.05, 0.1) is 23.4 Å². The highest BCUT2D eigenvalue weighted by Gasteiger charge is 2.03. The Balaban J connectivity index is 1.92. The van der Waals surface area contributed by atoms with E-state index in [2.05, 4.69) is 48.6 Å². The van der Waals surface area contributed by atoms with Crippen LogP contribution in [0, 0.1) is 0 Å². The first-order valence-corrected chi connectivity index (χ1v) is 6.38. The number of hydrogen-bond acceptors (Lipinski definition) is 3. The molecule has 0 fully saturated rings. The van der Waals surface area contributed by atoms with Crippen molar-refractivity contribution in [3.63, 3.8) is 0 Å². The van der Waals surface area contributed by atoms with Crippen molar-refractivity contribution in [2.24, 2.45) is 0 Å². The van der Waals surface area contributed by atoms with E-state index in [-0.39, 0.29) is 0 Å². The van der Waals surface area contributed by atoms with E-state index in [4.69, 9.17) is 0 Å². The Morgan fingerprint density at radius 3 is 3.06 bits per heavy atom. The number of rotatable bonds is 3. The maximum atomic E-state index is 4.45. The van der Waals surface area contributed by atoms with Crippen molar-refractivity contribution >= 4 is 32.5 Å². The molecule has 0 aliphatic heterocycles. The van der Waals surface area contributed by atoms with E-state index < -0.39 is 0 Å². The maximum Gasteiger partial charge on any atom is 0.0934 e. The Kier molecular flexibility index (Phi) is 2.98. The fourth-order valence-corrected chi connectivity index (χ4v) is 2.20. The lowest BCUT2D eigenvalue weighted by Crippen LogP contribution is -2.01. The van der Waals surface area contributed by atoms with Crippen LogP contribution in [0.15, 0.2) is 47.2 Å². The molecule has 4 nitrogen and oxygen atoms in total. The maximum absolute atomic E-state index is 4.45. The molecule has 90 valence electrons. The van der Waals surface area contributed by atoms with Gasteiger partial charge in [-0.2, -0.15) is 5.10 Å². The van der Waals surface area contributed by atoms with Gasteiger partial charge in [-0.3, -0.25) is 10.1 Å². The van der Waals surface area contributed by atoms with Gasteiger partial charge in [0.1, 0.15) is 0 Å². The van der Waals surface area contributed by atoms with Crippen molar-refractivity contribution in [3.05, 3.63) is 52.9 Å². The number of anilines is 1. The van der Waals surface area contributed by atoms with Crippen molar-refractivity contribution in [2.75, 3.05) is 5.32 Å². The van der Waals surface area contributed by atoms with Gasteiger partial charge in [-0.25, -0.2) is 0 Å². The molecule has 0 aliphatic rings. The van der Waals surface area contributed by atoms with Crippen LogP contribution in [-0.4, -0.2) is 15.2 Å². The minimum Gasteiger partial charge on any atom is -0.378 e. The molecule has 0 unspecified atom stereocenters. The van der Waals surface area contributed by atoms with Crippen LogP contribution in [0.1, 0.15) is 5.69 Å². The average Bonchev–Trinajstić information content (AvgIpc) is 2.89. The van der Waals surface area contributed by atoms with Crippen LogP contribution in [0.25, 0.3) is 10.9 Å². The predicted molar refractivity (Wildman–Crippen MR) is 75.4 cm³/mol. The number of hydrogen-bond donors (Lipinski definition) is 2. The smallest absolute Gasteiger partial charge is 0.0934 e. The van der Waals surface area contributed by atoms with Crippen LogP contribution in [0.4, 0.5) is 5.69 Å². The van der Waals surface area contributed by atoms with Gasteiger partial charge in [0, 0.05) is 22.3 Å². The summed E-state index contributed by atoms with van der Waals surface area (Å²) in [6.45, 7) is 0.705. The van der Waals surface area contributed by atoms with Crippen LogP contribution < -0.4 is 5.32 Å². The number of para-hydroxylation sites is 1. The number of aromatic nitrogens is 3. The molecule has 18 heavy (non-hydrogen) atoms. The fourth-order valence-electron chi connectivity index (χ4n) is 1.85. The lowest BCUT2D eigenvalue weighted by molar-refractivity contribution is 0.982. The zero-order valence-corrected chi connectivity index (χ0v) is 11.1. The van der Waals surface area contributed by atoms with Gasteiger partial charge in [0.25, 0.3) is 0 Å². The van der Waals surface area contributed by atoms with Crippen LogP contribution >= 0.6 is 15.9 Å². The summed E-state index contributed by atoms with van der Waals surface area (Å²) in [6.07, 6.45) is 3.55. The summed E-state index contributed by atoms with van der Waals surface area (Å²) < 4.78 is 0.987. The second-order valence-corrected chi connectivity index (χ2v) is 4.88. The number of fused-ring (bicyclic) bond motifs is 1. The topological polar surface area (TPSA) is 53.6 Å².